The smallest absolute Gasteiger partial charge is 0.231 e. The highest BCUT2D eigenvalue weighted by Crippen LogP contribution is 2.32. The van der Waals surface area contributed by atoms with E-state index in [9.17, 15) is 5.11 Å². The van der Waals surface area contributed by atoms with Gasteiger partial charge in [-0.25, -0.2) is 0 Å². The summed E-state index contributed by atoms with van der Waals surface area (Å²) in [5, 5.41) is 13.2. The van der Waals surface area contributed by atoms with Gasteiger partial charge in [0.15, 0.2) is 11.5 Å². The van der Waals surface area contributed by atoms with Gasteiger partial charge in [-0.05, 0) is 48.2 Å². The van der Waals surface area contributed by atoms with Crippen LogP contribution in [0.25, 0.3) is 0 Å². The molecular formula is C17H19NO3. The molecular weight excluding hydrogens is 266 g/mol. The molecule has 0 amide bonds. The van der Waals surface area contributed by atoms with Gasteiger partial charge < -0.3 is 19.9 Å². The van der Waals surface area contributed by atoms with Crippen LogP contribution in [-0.4, -0.2) is 11.9 Å². The van der Waals surface area contributed by atoms with Crippen molar-refractivity contribution < 1.29 is 14.6 Å². The molecule has 2 aromatic carbocycles. The van der Waals surface area contributed by atoms with E-state index in [1.807, 2.05) is 44.2 Å². The first kappa shape index (κ1) is 13.8. The lowest BCUT2D eigenvalue weighted by atomic mass is 10.1. The Morgan fingerprint density at radius 1 is 0.952 bits per heavy atom. The molecule has 4 heteroatoms. The fourth-order valence-corrected chi connectivity index (χ4v) is 2.55. The lowest BCUT2D eigenvalue weighted by Crippen LogP contribution is -2.12. The van der Waals surface area contributed by atoms with E-state index in [1.54, 1.807) is 0 Å². The highest BCUT2D eigenvalue weighted by Gasteiger charge is 2.12. The Kier molecular flexibility index (Phi) is 3.71. The van der Waals surface area contributed by atoms with Crippen molar-refractivity contribution in [3.63, 3.8) is 0 Å². The first-order chi connectivity index (χ1) is 10.1. The van der Waals surface area contributed by atoms with E-state index in [-0.39, 0.29) is 0 Å². The Labute approximate surface area is 124 Å². The minimum atomic E-state index is 0.304. The van der Waals surface area contributed by atoms with Crippen LogP contribution in [0.15, 0.2) is 30.3 Å². The number of phenolic OH excluding ortho intramolecular Hbond substituents is 1. The monoisotopic (exact) mass is 285 g/mol. The average Bonchev–Trinajstić information content (AvgIpc) is 2.92. The van der Waals surface area contributed by atoms with E-state index in [4.69, 9.17) is 9.47 Å². The fraction of sp³-hybridized carbons (Fsp3) is 0.294. The highest BCUT2D eigenvalue weighted by atomic mass is 16.7. The summed E-state index contributed by atoms with van der Waals surface area (Å²) in [7, 11) is 0. The average molecular weight is 285 g/mol. The molecule has 1 heterocycles. The van der Waals surface area contributed by atoms with E-state index in [0.717, 1.165) is 41.3 Å². The molecule has 110 valence electrons. The number of ether oxygens (including phenoxy) is 2. The van der Waals surface area contributed by atoms with Gasteiger partial charge in [-0.2, -0.15) is 0 Å². The maximum atomic E-state index is 9.78. The Hall–Kier alpha value is -2.20. The largest absolute Gasteiger partial charge is 0.507 e. The Balaban J connectivity index is 1.61. The molecule has 0 atom stereocenters. The molecule has 0 aliphatic carbocycles. The molecule has 0 aromatic heterocycles. The molecule has 0 saturated carbocycles. The fourth-order valence-electron chi connectivity index (χ4n) is 2.55. The van der Waals surface area contributed by atoms with Crippen molar-refractivity contribution in [2.24, 2.45) is 0 Å². The third-order valence-electron chi connectivity index (χ3n) is 3.65. The van der Waals surface area contributed by atoms with Gasteiger partial charge >= 0.3 is 0 Å². The Morgan fingerprint density at radius 2 is 1.62 bits per heavy atom. The molecule has 1 aliphatic heterocycles. The van der Waals surface area contributed by atoms with Crippen molar-refractivity contribution >= 4 is 0 Å². The highest BCUT2D eigenvalue weighted by molar-refractivity contribution is 5.44. The molecule has 0 spiro atoms. The summed E-state index contributed by atoms with van der Waals surface area (Å²) in [5.74, 6) is 2.00. The topological polar surface area (TPSA) is 50.7 Å². The van der Waals surface area contributed by atoms with Crippen molar-refractivity contribution in [3.05, 3.63) is 52.6 Å². The third kappa shape index (κ3) is 2.95. The number of hydrogen-bond acceptors (Lipinski definition) is 4. The van der Waals surface area contributed by atoms with Crippen LogP contribution >= 0.6 is 0 Å². The molecule has 1 aliphatic rings. The molecule has 0 unspecified atom stereocenters. The predicted molar refractivity (Wildman–Crippen MR) is 80.7 cm³/mol. The molecule has 2 aromatic rings. The molecule has 0 fully saturated rings. The van der Waals surface area contributed by atoms with Crippen molar-refractivity contribution in [1.82, 2.24) is 5.32 Å². The number of phenols is 1. The third-order valence-corrected chi connectivity index (χ3v) is 3.65. The summed E-state index contributed by atoms with van der Waals surface area (Å²) in [5.41, 5.74) is 4.15. The summed E-state index contributed by atoms with van der Waals surface area (Å²) < 4.78 is 10.7. The van der Waals surface area contributed by atoms with E-state index in [2.05, 4.69) is 5.32 Å². The second-order valence-corrected chi connectivity index (χ2v) is 5.37. The SMILES string of the molecule is Cc1cc(CNCc2ccc3c(c2)OCO3)cc(C)c1O. The summed E-state index contributed by atoms with van der Waals surface area (Å²) in [6.45, 7) is 5.66. The Bertz CT molecular complexity index is 644. The molecule has 0 bridgehead atoms. The van der Waals surface area contributed by atoms with Gasteiger partial charge in [0.05, 0.1) is 0 Å². The van der Waals surface area contributed by atoms with Crippen LogP contribution in [0.1, 0.15) is 22.3 Å². The van der Waals surface area contributed by atoms with E-state index >= 15 is 0 Å². The number of fused-ring (bicyclic) bond motifs is 1. The molecule has 0 saturated heterocycles. The van der Waals surface area contributed by atoms with Crippen molar-refractivity contribution in [3.8, 4) is 17.2 Å². The normalized spacial score (nSPS) is 12.7. The van der Waals surface area contributed by atoms with Crippen LogP contribution in [0.5, 0.6) is 17.2 Å². The van der Waals surface area contributed by atoms with Crippen LogP contribution in [0.4, 0.5) is 0 Å². The van der Waals surface area contributed by atoms with E-state index in [1.165, 1.54) is 5.56 Å². The molecule has 3 rings (SSSR count). The van der Waals surface area contributed by atoms with Crippen LogP contribution in [0, 0.1) is 13.8 Å². The zero-order valence-corrected chi connectivity index (χ0v) is 12.3. The number of benzene rings is 2. The minimum absolute atomic E-state index is 0.304. The van der Waals surface area contributed by atoms with E-state index in [0.29, 0.717) is 12.5 Å². The Morgan fingerprint density at radius 3 is 2.38 bits per heavy atom. The first-order valence-corrected chi connectivity index (χ1v) is 7.02. The standard InChI is InChI=1S/C17H19NO3/c1-11-5-14(6-12(2)17(11)19)9-18-8-13-3-4-15-16(7-13)21-10-20-15/h3-7,18-19H,8-10H2,1-2H3. The van der Waals surface area contributed by atoms with Crippen molar-refractivity contribution in [2.45, 2.75) is 26.9 Å². The zero-order valence-electron chi connectivity index (χ0n) is 12.3. The van der Waals surface area contributed by atoms with Crippen molar-refractivity contribution in [1.29, 1.82) is 0 Å². The van der Waals surface area contributed by atoms with Crippen LogP contribution in [0.3, 0.4) is 0 Å². The quantitative estimate of drug-likeness (QED) is 0.906. The zero-order chi connectivity index (χ0) is 14.8. The van der Waals surface area contributed by atoms with Gasteiger partial charge in [-0.1, -0.05) is 18.2 Å². The maximum Gasteiger partial charge on any atom is 0.231 e. The summed E-state index contributed by atoms with van der Waals surface area (Å²) in [6.07, 6.45) is 0. The lowest BCUT2D eigenvalue weighted by Gasteiger charge is -2.09. The minimum Gasteiger partial charge on any atom is -0.507 e. The summed E-state index contributed by atoms with van der Waals surface area (Å²) in [6, 6.07) is 9.99. The van der Waals surface area contributed by atoms with Gasteiger partial charge in [-0.15, -0.1) is 0 Å². The molecule has 0 radical (unpaired) electrons. The second-order valence-electron chi connectivity index (χ2n) is 5.37. The van der Waals surface area contributed by atoms with Gasteiger partial charge in [0, 0.05) is 13.1 Å². The van der Waals surface area contributed by atoms with Gasteiger partial charge in [-0.3, -0.25) is 0 Å². The van der Waals surface area contributed by atoms with Gasteiger partial charge in [0.1, 0.15) is 5.75 Å². The first-order valence-electron chi connectivity index (χ1n) is 7.02. The van der Waals surface area contributed by atoms with Crippen LogP contribution < -0.4 is 14.8 Å². The molecule has 2 N–H and O–H groups in total. The number of aryl methyl sites for hydroxylation is 2. The van der Waals surface area contributed by atoms with Crippen LogP contribution in [0.2, 0.25) is 0 Å². The molecule has 4 nitrogen and oxygen atoms in total. The molecule has 21 heavy (non-hydrogen) atoms. The number of nitrogens with one attached hydrogen (secondary N) is 1. The predicted octanol–water partition coefficient (Wildman–Crippen LogP) is 3.03. The lowest BCUT2D eigenvalue weighted by molar-refractivity contribution is 0.174. The van der Waals surface area contributed by atoms with Gasteiger partial charge in [0.25, 0.3) is 0 Å². The number of aromatic hydroxyl groups is 1. The van der Waals surface area contributed by atoms with Crippen LogP contribution in [-0.2, 0) is 13.1 Å². The van der Waals surface area contributed by atoms with E-state index < -0.39 is 0 Å². The summed E-state index contributed by atoms with van der Waals surface area (Å²) in [4.78, 5) is 0. The maximum absolute atomic E-state index is 9.78. The number of rotatable bonds is 4. The summed E-state index contributed by atoms with van der Waals surface area (Å²) >= 11 is 0. The van der Waals surface area contributed by atoms with Crippen molar-refractivity contribution in [2.75, 3.05) is 6.79 Å². The van der Waals surface area contributed by atoms with Gasteiger partial charge in [0.2, 0.25) is 6.79 Å². The second kappa shape index (κ2) is 5.66. The number of hydrogen-bond donors (Lipinski definition) is 2.